The second kappa shape index (κ2) is 8.56. The number of nitrogens with zero attached hydrogens (tertiary/aromatic N) is 3. The molecule has 0 spiro atoms. The van der Waals surface area contributed by atoms with E-state index in [1.165, 1.54) is 0 Å². The molecule has 1 unspecified atom stereocenters. The summed E-state index contributed by atoms with van der Waals surface area (Å²) in [6.45, 7) is 0.277. The summed E-state index contributed by atoms with van der Waals surface area (Å²) >= 11 is 3.46. The van der Waals surface area contributed by atoms with Crippen LogP contribution in [0, 0.1) is 0 Å². The van der Waals surface area contributed by atoms with E-state index < -0.39 is 0 Å². The van der Waals surface area contributed by atoms with E-state index in [0.717, 1.165) is 40.6 Å². The topological polar surface area (TPSA) is 69.0 Å². The maximum atomic E-state index is 12.1. The summed E-state index contributed by atoms with van der Waals surface area (Å²) in [5.41, 5.74) is 3.04. The van der Waals surface area contributed by atoms with Crippen molar-refractivity contribution in [1.29, 1.82) is 0 Å². The first-order valence-corrected chi connectivity index (χ1v) is 10.1. The summed E-state index contributed by atoms with van der Waals surface area (Å²) in [7, 11) is 0. The lowest BCUT2D eigenvalue weighted by Gasteiger charge is -2.15. The van der Waals surface area contributed by atoms with Crippen molar-refractivity contribution < 1.29 is 9.53 Å². The van der Waals surface area contributed by atoms with E-state index in [0.29, 0.717) is 0 Å². The molecule has 1 aliphatic carbocycles. The number of halogens is 1. The fourth-order valence-electron chi connectivity index (χ4n) is 3.58. The van der Waals surface area contributed by atoms with Crippen molar-refractivity contribution in [1.82, 2.24) is 20.3 Å². The minimum atomic E-state index is -0.374. The number of carbonyl (C=O) groups excluding carboxylic acids is 1. The Morgan fingerprint density at radius 3 is 2.71 bits per heavy atom. The van der Waals surface area contributed by atoms with E-state index in [2.05, 4.69) is 31.6 Å². The highest BCUT2D eigenvalue weighted by atomic mass is 79.9. The Morgan fingerprint density at radius 2 is 1.93 bits per heavy atom. The van der Waals surface area contributed by atoms with Crippen LogP contribution in [0.3, 0.4) is 0 Å². The molecule has 1 fully saturated rings. The van der Waals surface area contributed by atoms with Gasteiger partial charge in [0.2, 0.25) is 0 Å². The average molecular weight is 441 g/mol. The minimum absolute atomic E-state index is 0.0789. The lowest BCUT2D eigenvalue weighted by atomic mass is 10.1. The van der Waals surface area contributed by atoms with Gasteiger partial charge in [-0.2, -0.15) is 0 Å². The first kappa shape index (κ1) is 18.7. The van der Waals surface area contributed by atoms with Crippen molar-refractivity contribution in [2.45, 2.75) is 38.0 Å². The third-order valence-corrected chi connectivity index (χ3v) is 5.53. The molecule has 1 aliphatic rings. The minimum Gasteiger partial charge on any atom is -0.445 e. The number of aromatic nitrogens is 3. The third-order valence-electron chi connectivity index (χ3n) is 5.00. The number of hydrogen-bond donors (Lipinski definition) is 1. The number of carbonyl (C=O) groups is 1. The van der Waals surface area contributed by atoms with Crippen LogP contribution in [0.5, 0.6) is 0 Å². The Kier molecular flexibility index (Phi) is 5.71. The molecule has 2 atom stereocenters. The zero-order valence-corrected chi connectivity index (χ0v) is 16.9. The number of nitrogens with one attached hydrogen (secondary N) is 1. The Hall–Kier alpha value is -2.67. The Morgan fingerprint density at radius 1 is 1.14 bits per heavy atom. The van der Waals surface area contributed by atoms with E-state index in [1.54, 1.807) is 6.20 Å². The predicted molar refractivity (Wildman–Crippen MR) is 110 cm³/mol. The average Bonchev–Trinajstić information content (AvgIpc) is 3.37. The molecule has 144 valence electrons. The zero-order chi connectivity index (χ0) is 19.3. The van der Waals surface area contributed by atoms with Crippen molar-refractivity contribution in [3.05, 3.63) is 70.8 Å². The predicted octanol–water partition coefficient (Wildman–Crippen LogP) is 4.73. The van der Waals surface area contributed by atoms with E-state index in [1.807, 2.05) is 59.3 Å². The van der Waals surface area contributed by atoms with Crippen LogP contribution in [0.4, 0.5) is 4.79 Å². The summed E-state index contributed by atoms with van der Waals surface area (Å²) < 4.78 is 8.34. The van der Waals surface area contributed by atoms with Crippen LogP contribution in [-0.4, -0.2) is 27.1 Å². The fourth-order valence-corrected chi connectivity index (χ4v) is 3.85. The summed E-state index contributed by atoms with van der Waals surface area (Å²) in [5.74, 6) is 0. The van der Waals surface area contributed by atoms with Gasteiger partial charge < -0.3 is 10.1 Å². The Bertz CT molecular complexity index is 927. The highest BCUT2D eigenvalue weighted by Crippen LogP contribution is 2.33. The van der Waals surface area contributed by atoms with Gasteiger partial charge in [0.1, 0.15) is 6.61 Å². The van der Waals surface area contributed by atoms with Gasteiger partial charge in [0.25, 0.3) is 0 Å². The number of rotatable bonds is 5. The number of hydrogen-bond acceptors (Lipinski definition) is 4. The third kappa shape index (κ3) is 4.42. The van der Waals surface area contributed by atoms with E-state index in [4.69, 9.17) is 4.74 Å². The second-order valence-corrected chi connectivity index (χ2v) is 7.86. The van der Waals surface area contributed by atoms with Gasteiger partial charge in [-0.25, -0.2) is 9.48 Å². The lowest BCUT2D eigenvalue weighted by molar-refractivity contribution is 0.135. The second-order valence-electron chi connectivity index (χ2n) is 6.94. The van der Waals surface area contributed by atoms with Crippen molar-refractivity contribution in [2.24, 2.45) is 0 Å². The van der Waals surface area contributed by atoms with Crippen LogP contribution in [0.25, 0.3) is 11.3 Å². The lowest BCUT2D eigenvalue weighted by Crippen LogP contribution is -2.33. The summed E-state index contributed by atoms with van der Waals surface area (Å²) in [4.78, 5) is 12.1. The fraction of sp³-hybridized carbons (Fsp3) is 0.286. The van der Waals surface area contributed by atoms with E-state index >= 15 is 0 Å². The van der Waals surface area contributed by atoms with Gasteiger partial charge in [-0.1, -0.05) is 63.6 Å². The summed E-state index contributed by atoms with van der Waals surface area (Å²) in [6.07, 6.45) is 4.06. The van der Waals surface area contributed by atoms with Crippen molar-refractivity contribution >= 4 is 22.0 Å². The van der Waals surface area contributed by atoms with Crippen molar-refractivity contribution in [3.8, 4) is 11.3 Å². The molecule has 1 aromatic heterocycles. The molecular weight excluding hydrogens is 420 g/mol. The van der Waals surface area contributed by atoms with Crippen LogP contribution >= 0.6 is 15.9 Å². The monoisotopic (exact) mass is 440 g/mol. The molecule has 0 aliphatic heterocycles. The van der Waals surface area contributed by atoms with Gasteiger partial charge >= 0.3 is 6.09 Å². The van der Waals surface area contributed by atoms with E-state index in [9.17, 15) is 4.79 Å². The SMILES string of the molecule is O=C(NC1CC[C@@H](n2nncc2-c2ccc(Br)cc2)C1)OCc1ccccc1. The van der Waals surface area contributed by atoms with E-state index in [-0.39, 0.29) is 24.8 Å². The molecule has 2 aromatic carbocycles. The van der Waals surface area contributed by atoms with Crippen LogP contribution in [0.15, 0.2) is 65.3 Å². The van der Waals surface area contributed by atoms with Crippen LogP contribution < -0.4 is 5.32 Å². The van der Waals surface area contributed by atoms with Gasteiger partial charge in [-0.05, 0) is 37.0 Å². The molecule has 1 heterocycles. The molecule has 0 radical (unpaired) electrons. The molecule has 4 rings (SSSR count). The molecule has 6 nitrogen and oxygen atoms in total. The maximum absolute atomic E-state index is 12.1. The largest absolute Gasteiger partial charge is 0.445 e. The summed E-state index contributed by atoms with van der Waals surface area (Å²) in [6, 6.07) is 18.1. The smallest absolute Gasteiger partial charge is 0.407 e. The zero-order valence-electron chi connectivity index (χ0n) is 15.3. The highest BCUT2D eigenvalue weighted by Gasteiger charge is 2.29. The normalized spacial score (nSPS) is 18.8. The highest BCUT2D eigenvalue weighted by molar-refractivity contribution is 9.10. The molecular formula is C21H21BrN4O2. The maximum Gasteiger partial charge on any atom is 0.407 e. The van der Waals surface area contributed by atoms with Gasteiger partial charge in [0, 0.05) is 16.1 Å². The standard InChI is InChI=1S/C21H21BrN4O2/c22-17-8-6-16(7-9-17)20-13-23-25-26(20)19-11-10-18(12-19)24-21(27)28-14-15-4-2-1-3-5-15/h1-9,13,18-19H,10-12,14H2,(H,24,27)/t18?,19-/m1/s1. The van der Waals surface area contributed by atoms with Crippen LogP contribution in [0.1, 0.15) is 30.9 Å². The first-order chi connectivity index (χ1) is 13.7. The number of alkyl carbamates (subject to hydrolysis) is 1. The molecule has 0 saturated heterocycles. The Balaban J connectivity index is 1.34. The van der Waals surface area contributed by atoms with Gasteiger partial charge in [0.15, 0.2) is 0 Å². The molecule has 1 saturated carbocycles. The van der Waals surface area contributed by atoms with Gasteiger partial charge in [-0.15, -0.1) is 5.10 Å². The van der Waals surface area contributed by atoms with Gasteiger partial charge in [-0.3, -0.25) is 0 Å². The molecule has 3 aromatic rings. The number of benzene rings is 2. The number of ether oxygens (including phenoxy) is 1. The molecule has 0 bridgehead atoms. The van der Waals surface area contributed by atoms with Gasteiger partial charge in [0.05, 0.1) is 17.9 Å². The summed E-state index contributed by atoms with van der Waals surface area (Å²) in [5, 5.41) is 11.4. The molecule has 1 N–H and O–H groups in total. The Labute approximate surface area is 172 Å². The van der Waals surface area contributed by atoms with Crippen molar-refractivity contribution in [2.75, 3.05) is 0 Å². The quantitative estimate of drug-likeness (QED) is 0.622. The van der Waals surface area contributed by atoms with Crippen LogP contribution in [0.2, 0.25) is 0 Å². The van der Waals surface area contributed by atoms with Crippen molar-refractivity contribution in [3.63, 3.8) is 0 Å². The number of amides is 1. The molecule has 28 heavy (non-hydrogen) atoms. The molecule has 7 heteroatoms. The molecule has 1 amide bonds. The first-order valence-electron chi connectivity index (χ1n) is 9.32. The van der Waals surface area contributed by atoms with Crippen LogP contribution in [-0.2, 0) is 11.3 Å².